The Morgan fingerprint density at radius 1 is 1.07 bits per heavy atom. The number of nitrogens with zero attached hydrogens (tertiary/aromatic N) is 1. The highest BCUT2D eigenvalue weighted by Gasteiger charge is 2.31. The Balaban J connectivity index is 1.67. The van der Waals surface area contributed by atoms with Crippen LogP contribution < -0.4 is 4.72 Å². The number of amidine groups is 1. The molecule has 1 atom stereocenters. The molecule has 27 heavy (non-hydrogen) atoms. The first kappa shape index (κ1) is 19.1. The van der Waals surface area contributed by atoms with Gasteiger partial charge in [-0.1, -0.05) is 50.2 Å². The van der Waals surface area contributed by atoms with E-state index in [2.05, 4.69) is 23.6 Å². The number of benzene rings is 2. The van der Waals surface area contributed by atoms with E-state index in [-0.39, 0.29) is 17.3 Å². The Labute approximate surface area is 159 Å². The molecule has 0 spiro atoms. The third kappa shape index (κ3) is 4.19. The van der Waals surface area contributed by atoms with Crippen LogP contribution in [-0.4, -0.2) is 26.3 Å². The van der Waals surface area contributed by atoms with Crippen LogP contribution in [0.25, 0.3) is 0 Å². The molecule has 142 valence electrons. The molecule has 1 heterocycles. The largest absolute Gasteiger partial charge is 0.459 e. The summed E-state index contributed by atoms with van der Waals surface area (Å²) in [4.78, 5) is 16.6. The van der Waals surface area contributed by atoms with Gasteiger partial charge in [-0.2, -0.15) is 0 Å². The van der Waals surface area contributed by atoms with E-state index in [1.54, 1.807) is 25.1 Å². The summed E-state index contributed by atoms with van der Waals surface area (Å²) in [6.45, 7) is 5.96. The first-order valence-corrected chi connectivity index (χ1v) is 10.2. The lowest BCUT2D eigenvalue weighted by molar-refractivity contribution is -0.146. The van der Waals surface area contributed by atoms with Crippen LogP contribution >= 0.6 is 0 Å². The molecule has 1 aliphatic heterocycles. The molecule has 1 N–H and O–H groups in total. The second-order valence-corrected chi connectivity index (χ2v) is 8.41. The standard InChI is InChI=1S/C20H22N2O4S/c1-13(2)16-10-8-15(9-11-16)12-26-20(23)14(3)21-19-17-6-4-5-7-18(17)27(24,25)22-19/h4-11,13-14H,12H2,1-3H3,(H,21,22)/t14-/m0/s1. The molecule has 1 aliphatic rings. The third-order valence-electron chi connectivity index (χ3n) is 4.35. The maximum Gasteiger partial charge on any atom is 0.330 e. The monoisotopic (exact) mass is 386 g/mol. The number of carbonyl (C=O) groups is 1. The minimum Gasteiger partial charge on any atom is -0.459 e. The summed E-state index contributed by atoms with van der Waals surface area (Å²) in [5.74, 6) is 0.0888. The average molecular weight is 386 g/mol. The quantitative estimate of drug-likeness (QED) is 0.801. The lowest BCUT2D eigenvalue weighted by Crippen LogP contribution is -2.26. The number of fused-ring (bicyclic) bond motifs is 1. The second-order valence-electron chi connectivity index (χ2n) is 6.76. The fourth-order valence-corrected chi connectivity index (χ4v) is 3.99. The summed E-state index contributed by atoms with van der Waals surface area (Å²) in [5, 5.41) is 0. The highest BCUT2D eigenvalue weighted by molar-refractivity contribution is 7.90. The predicted octanol–water partition coefficient (Wildman–Crippen LogP) is 2.98. The van der Waals surface area contributed by atoms with Crippen molar-refractivity contribution >= 4 is 21.8 Å². The highest BCUT2D eigenvalue weighted by Crippen LogP contribution is 2.22. The van der Waals surface area contributed by atoms with Gasteiger partial charge in [0.2, 0.25) is 0 Å². The molecule has 0 radical (unpaired) electrons. The lowest BCUT2D eigenvalue weighted by Gasteiger charge is -2.10. The minimum atomic E-state index is -3.63. The zero-order chi connectivity index (χ0) is 19.6. The molecule has 7 heteroatoms. The topological polar surface area (TPSA) is 84.8 Å². The molecule has 0 saturated carbocycles. The molecule has 0 bridgehead atoms. The Bertz CT molecular complexity index is 979. The van der Waals surface area contributed by atoms with Crippen molar-refractivity contribution in [2.75, 3.05) is 0 Å². The summed E-state index contributed by atoms with van der Waals surface area (Å²) in [7, 11) is -3.63. The number of esters is 1. The van der Waals surface area contributed by atoms with Gasteiger partial charge in [0.05, 0.1) is 4.90 Å². The van der Waals surface area contributed by atoms with E-state index in [1.165, 1.54) is 11.6 Å². The molecule has 6 nitrogen and oxygen atoms in total. The fraction of sp³-hybridized carbons (Fsp3) is 0.300. The summed E-state index contributed by atoms with van der Waals surface area (Å²) in [6, 6.07) is 13.6. The van der Waals surface area contributed by atoms with Gasteiger partial charge in [-0.15, -0.1) is 0 Å². The van der Waals surface area contributed by atoms with Crippen LogP contribution in [0.5, 0.6) is 0 Å². The summed E-state index contributed by atoms with van der Waals surface area (Å²) < 4.78 is 31.9. The lowest BCUT2D eigenvalue weighted by atomic mass is 10.0. The molecule has 0 aliphatic carbocycles. The SMILES string of the molecule is CC(C)c1ccc(COC(=O)[C@H](C)N=C2NS(=O)(=O)c3ccccc32)cc1. The van der Waals surface area contributed by atoms with E-state index in [0.29, 0.717) is 11.5 Å². The van der Waals surface area contributed by atoms with Gasteiger partial charge in [0.15, 0.2) is 0 Å². The Hall–Kier alpha value is -2.67. The van der Waals surface area contributed by atoms with Crippen LogP contribution in [0, 0.1) is 0 Å². The number of nitrogens with one attached hydrogen (secondary N) is 1. The number of carbonyl (C=O) groups excluding carboxylic acids is 1. The van der Waals surface area contributed by atoms with Crippen LogP contribution in [0.3, 0.4) is 0 Å². The van der Waals surface area contributed by atoms with Crippen LogP contribution in [0.15, 0.2) is 58.4 Å². The van der Waals surface area contributed by atoms with E-state index in [9.17, 15) is 13.2 Å². The van der Waals surface area contributed by atoms with Crippen molar-refractivity contribution in [1.82, 2.24) is 4.72 Å². The molecular weight excluding hydrogens is 364 g/mol. The van der Waals surface area contributed by atoms with Crippen LogP contribution in [0.1, 0.15) is 43.4 Å². The van der Waals surface area contributed by atoms with Gasteiger partial charge < -0.3 is 4.74 Å². The molecule has 3 rings (SSSR count). The van der Waals surface area contributed by atoms with Gasteiger partial charge in [-0.05, 0) is 36.1 Å². The van der Waals surface area contributed by atoms with Crippen molar-refractivity contribution in [1.29, 1.82) is 0 Å². The van der Waals surface area contributed by atoms with Gasteiger partial charge in [0, 0.05) is 5.56 Å². The minimum absolute atomic E-state index is 0.148. The molecular formula is C20H22N2O4S. The van der Waals surface area contributed by atoms with Crippen LogP contribution in [-0.2, 0) is 26.2 Å². The maximum absolute atomic E-state index is 12.2. The Morgan fingerprint density at radius 3 is 2.41 bits per heavy atom. The van der Waals surface area contributed by atoms with Crippen LogP contribution in [0.4, 0.5) is 0 Å². The van der Waals surface area contributed by atoms with Gasteiger partial charge in [0.1, 0.15) is 18.5 Å². The zero-order valence-corrected chi connectivity index (χ0v) is 16.3. The molecule has 2 aromatic rings. The summed E-state index contributed by atoms with van der Waals surface area (Å²) in [6.07, 6.45) is 0. The summed E-state index contributed by atoms with van der Waals surface area (Å²) >= 11 is 0. The van der Waals surface area contributed by atoms with Crippen molar-refractivity contribution < 1.29 is 17.9 Å². The first-order valence-electron chi connectivity index (χ1n) is 8.73. The normalized spacial score (nSPS) is 17.4. The predicted molar refractivity (Wildman–Crippen MR) is 103 cm³/mol. The number of hydrogen-bond donors (Lipinski definition) is 1. The van der Waals surface area contributed by atoms with E-state index < -0.39 is 22.0 Å². The molecule has 0 fully saturated rings. The first-order chi connectivity index (χ1) is 12.8. The number of aliphatic imine (C=N–C) groups is 1. The zero-order valence-electron chi connectivity index (χ0n) is 15.5. The third-order valence-corrected chi connectivity index (χ3v) is 5.75. The smallest absolute Gasteiger partial charge is 0.330 e. The fourth-order valence-electron chi connectivity index (χ4n) is 2.75. The van der Waals surface area contributed by atoms with Crippen molar-refractivity contribution in [2.24, 2.45) is 4.99 Å². The van der Waals surface area contributed by atoms with E-state index in [0.717, 1.165) is 5.56 Å². The number of hydrogen-bond acceptors (Lipinski definition) is 5. The number of ether oxygens (including phenoxy) is 1. The molecule has 0 amide bonds. The molecule has 0 unspecified atom stereocenters. The van der Waals surface area contributed by atoms with E-state index in [1.807, 2.05) is 24.3 Å². The van der Waals surface area contributed by atoms with Gasteiger partial charge >= 0.3 is 5.97 Å². The van der Waals surface area contributed by atoms with Crippen molar-refractivity contribution in [2.45, 2.75) is 44.2 Å². The van der Waals surface area contributed by atoms with Crippen LogP contribution in [0.2, 0.25) is 0 Å². The van der Waals surface area contributed by atoms with Gasteiger partial charge in [0.25, 0.3) is 10.0 Å². The maximum atomic E-state index is 12.2. The van der Waals surface area contributed by atoms with Crippen molar-refractivity contribution in [3.63, 3.8) is 0 Å². The highest BCUT2D eigenvalue weighted by atomic mass is 32.2. The van der Waals surface area contributed by atoms with Gasteiger partial charge in [-0.25, -0.2) is 13.2 Å². The molecule has 0 saturated heterocycles. The number of sulfonamides is 1. The summed E-state index contributed by atoms with van der Waals surface area (Å²) in [5.41, 5.74) is 2.57. The average Bonchev–Trinajstić information content (AvgIpc) is 2.90. The van der Waals surface area contributed by atoms with Crippen molar-refractivity contribution in [3.8, 4) is 0 Å². The second kappa shape index (κ2) is 7.52. The van der Waals surface area contributed by atoms with E-state index in [4.69, 9.17) is 4.74 Å². The van der Waals surface area contributed by atoms with Gasteiger partial charge in [-0.3, -0.25) is 9.71 Å². The van der Waals surface area contributed by atoms with E-state index >= 15 is 0 Å². The Morgan fingerprint density at radius 2 is 1.74 bits per heavy atom. The van der Waals surface area contributed by atoms with Crippen molar-refractivity contribution in [3.05, 3.63) is 65.2 Å². The molecule has 0 aromatic heterocycles. The number of rotatable bonds is 5. The Kier molecular flexibility index (Phi) is 5.32. The molecule has 2 aromatic carbocycles.